The number of hydrazone groups is 1. The standard InChI is InChI=1S/C10H6Cl3F3N2O/c11-5-1-6(12)8(7(13)2-5)9-17-18(4-19-9)3-10(14,15)16/h1-2H,3-4H2. The predicted molar refractivity (Wildman–Crippen MR) is 66.7 cm³/mol. The molecule has 1 aliphatic rings. The summed E-state index contributed by atoms with van der Waals surface area (Å²) in [5, 5.41) is 5.05. The molecule has 1 aromatic carbocycles. The van der Waals surface area contributed by atoms with E-state index in [0.29, 0.717) is 5.02 Å². The van der Waals surface area contributed by atoms with Gasteiger partial charge >= 0.3 is 6.18 Å². The fraction of sp³-hybridized carbons (Fsp3) is 0.300. The molecule has 0 aromatic heterocycles. The van der Waals surface area contributed by atoms with Crippen molar-refractivity contribution >= 4 is 40.7 Å². The van der Waals surface area contributed by atoms with Gasteiger partial charge in [0.05, 0.1) is 15.6 Å². The monoisotopic (exact) mass is 332 g/mol. The second kappa shape index (κ2) is 5.26. The summed E-state index contributed by atoms with van der Waals surface area (Å²) in [5.74, 6) is -0.0593. The average molecular weight is 334 g/mol. The zero-order valence-electron chi connectivity index (χ0n) is 9.14. The second-order valence-electron chi connectivity index (χ2n) is 3.70. The number of ether oxygens (including phenoxy) is 1. The van der Waals surface area contributed by atoms with Crippen LogP contribution in [-0.4, -0.2) is 30.4 Å². The van der Waals surface area contributed by atoms with Crippen LogP contribution < -0.4 is 0 Å². The molecule has 0 aliphatic carbocycles. The molecule has 2 rings (SSSR count). The quantitative estimate of drug-likeness (QED) is 0.812. The minimum absolute atomic E-state index is 0.0593. The number of rotatable bonds is 2. The van der Waals surface area contributed by atoms with E-state index in [4.69, 9.17) is 39.5 Å². The first-order valence-electron chi connectivity index (χ1n) is 4.94. The van der Waals surface area contributed by atoms with Crippen LogP contribution in [0.5, 0.6) is 0 Å². The van der Waals surface area contributed by atoms with Crippen LogP contribution in [0.3, 0.4) is 0 Å². The van der Waals surface area contributed by atoms with Crippen LogP contribution in [0.1, 0.15) is 5.56 Å². The van der Waals surface area contributed by atoms with Crippen molar-refractivity contribution in [3.05, 3.63) is 32.8 Å². The Morgan fingerprint density at radius 3 is 2.32 bits per heavy atom. The molecule has 3 nitrogen and oxygen atoms in total. The number of hydrogen-bond acceptors (Lipinski definition) is 3. The molecular formula is C10H6Cl3F3N2O. The summed E-state index contributed by atoms with van der Waals surface area (Å²) in [5.41, 5.74) is 0.220. The first kappa shape index (κ1) is 14.6. The molecule has 0 spiro atoms. The Labute approximate surface area is 121 Å². The maximum atomic E-state index is 12.2. The Bertz CT molecular complexity index is 510. The van der Waals surface area contributed by atoms with Gasteiger partial charge in [-0.25, -0.2) is 5.01 Å². The lowest BCUT2D eigenvalue weighted by atomic mass is 10.2. The third-order valence-electron chi connectivity index (χ3n) is 2.17. The van der Waals surface area contributed by atoms with Gasteiger partial charge in [0.2, 0.25) is 5.90 Å². The van der Waals surface area contributed by atoms with Crippen LogP contribution in [0.2, 0.25) is 15.1 Å². The van der Waals surface area contributed by atoms with Crippen molar-refractivity contribution in [2.75, 3.05) is 13.3 Å². The minimum Gasteiger partial charge on any atom is -0.453 e. The Balaban J connectivity index is 2.27. The number of hydrogen-bond donors (Lipinski definition) is 0. The normalized spacial score (nSPS) is 15.5. The maximum absolute atomic E-state index is 12.2. The average Bonchev–Trinajstić information content (AvgIpc) is 2.61. The molecule has 0 atom stereocenters. The van der Waals surface area contributed by atoms with Gasteiger partial charge in [-0.2, -0.15) is 13.2 Å². The maximum Gasteiger partial charge on any atom is 0.407 e. The van der Waals surface area contributed by atoms with E-state index in [0.717, 1.165) is 5.01 Å². The Kier molecular flexibility index (Phi) is 4.03. The van der Waals surface area contributed by atoms with Crippen LogP contribution >= 0.6 is 34.8 Å². The van der Waals surface area contributed by atoms with E-state index in [2.05, 4.69) is 5.10 Å². The molecule has 0 amide bonds. The van der Waals surface area contributed by atoms with Gasteiger partial charge in [0.25, 0.3) is 0 Å². The van der Waals surface area contributed by atoms with Crippen molar-refractivity contribution in [3.8, 4) is 0 Å². The number of benzene rings is 1. The molecule has 0 saturated heterocycles. The van der Waals surface area contributed by atoms with Crippen LogP contribution in [0.25, 0.3) is 0 Å². The van der Waals surface area contributed by atoms with Crippen molar-refractivity contribution in [1.29, 1.82) is 0 Å². The summed E-state index contributed by atoms with van der Waals surface area (Å²) in [6, 6.07) is 2.81. The predicted octanol–water partition coefficient (Wildman–Crippen LogP) is 4.16. The van der Waals surface area contributed by atoms with E-state index in [1.54, 1.807) is 0 Å². The fourth-order valence-electron chi connectivity index (χ4n) is 1.48. The fourth-order valence-corrected chi connectivity index (χ4v) is 2.46. The van der Waals surface area contributed by atoms with Crippen molar-refractivity contribution < 1.29 is 17.9 Å². The van der Waals surface area contributed by atoms with Gasteiger partial charge in [-0.15, -0.1) is 5.10 Å². The number of nitrogens with zero attached hydrogens (tertiary/aromatic N) is 2. The summed E-state index contributed by atoms with van der Waals surface area (Å²) in [7, 11) is 0. The van der Waals surface area contributed by atoms with E-state index < -0.39 is 12.7 Å². The molecule has 1 aromatic rings. The van der Waals surface area contributed by atoms with E-state index in [9.17, 15) is 13.2 Å². The summed E-state index contributed by atoms with van der Waals surface area (Å²) >= 11 is 17.6. The summed E-state index contributed by atoms with van der Waals surface area (Å²) in [6.07, 6.45) is -4.37. The van der Waals surface area contributed by atoms with Gasteiger partial charge in [-0.3, -0.25) is 0 Å². The minimum atomic E-state index is -4.37. The molecule has 9 heteroatoms. The zero-order valence-corrected chi connectivity index (χ0v) is 11.4. The van der Waals surface area contributed by atoms with Gasteiger partial charge in [0.15, 0.2) is 6.73 Å². The van der Waals surface area contributed by atoms with Crippen molar-refractivity contribution in [2.24, 2.45) is 5.10 Å². The summed E-state index contributed by atoms with van der Waals surface area (Å²) in [6.45, 7) is -1.52. The highest BCUT2D eigenvalue weighted by atomic mass is 35.5. The van der Waals surface area contributed by atoms with E-state index in [1.165, 1.54) is 12.1 Å². The van der Waals surface area contributed by atoms with Gasteiger partial charge < -0.3 is 4.74 Å². The molecule has 0 radical (unpaired) electrons. The lowest BCUT2D eigenvalue weighted by Gasteiger charge is -2.13. The first-order valence-corrected chi connectivity index (χ1v) is 6.07. The number of alkyl halides is 3. The molecule has 0 saturated carbocycles. The van der Waals surface area contributed by atoms with Crippen molar-refractivity contribution in [2.45, 2.75) is 6.18 Å². The largest absolute Gasteiger partial charge is 0.453 e. The molecule has 0 bridgehead atoms. The molecule has 1 aliphatic heterocycles. The summed E-state index contributed by atoms with van der Waals surface area (Å²) in [4.78, 5) is 0. The van der Waals surface area contributed by atoms with Crippen LogP contribution in [0.15, 0.2) is 17.2 Å². The van der Waals surface area contributed by atoms with Crippen LogP contribution in [0, 0.1) is 0 Å². The van der Waals surface area contributed by atoms with E-state index >= 15 is 0 Å². The summed E-state index contributed by atoms with van der Waals surface area (Å²) < 4.78 is 41.7. The van der Waals surface area contributed by atoms with Gasteiger partial charge in [-0.05, 0) is 12.1 Å². The lowest BCUT2D eigenvalue weighted by Crippen LogP contribution is -2.28. The first-order chi connectivity index (χ1) is 8.76. The van der Waals surface area contributed by atoms with Gasteiger partial charge in [0.1, 0.15) is 6.54 Å². The highest BCUT2D eigenvalue weighted by Crippen LogP contribution is 2.31. The molecule has 0 fully saturated rings. The molecule has 1 heterocycles. The van der Waals surface area contributed by atoms with Gasteiger partial charge in [0, 0.05) is 5.02 Å². The third kappa shape index (κ3) is 3.58. The van der Waals surface area contributed by atoms with E-state index in [-0.39, 0.29) is 28.2 Å². The number of halogens is 6. The Hall–Kier alpha value is -0.850. The molecular weight excluding hydrogens is 327 g/mol. The van der Waals surface area contributed by atoms with Gasteiger partial charge in [-0.1, -0.05) is 34.8 Å². The molecule has 0 unspecified atom stereocenters. The Morgan fingerprint density at radius 2 is 1.79 bits per heavy atom. The smallest absolute Gasteiger partial charge is 0.407 e. The molecule has 104 valence electrons. The van der Waals surface area contributed by atoms with Crippen LogP contribution in [0.4, 0.5) is 13.2 Å². The highest BCUT2D eigenvalue weighted by Gasteiger charge is 2.33. The molecule has 0 N–H and O–H groups in total. The zero-order chi connectivity index (χ0) is 14.2. The van der Waals surface area contributed by atoms with Crippen molar-refractivity contribution in [1.82, 2.24) is 5.01 Å². The lowest BCUT2D eigenvalue weighted by molar-refractivity contribution is -0.149. The third-order valence-corrected chi connectivity index (χ3v) is 2.98. The van der Waals surface area contributed by atoms with Crippen molar-refractivity contribution in [3.63, 3.8) is 0 Å². The topological polar surface area (TPSA) is 24.8 Å². The van der Waals surface area contributed by atoms with Crippen LogP contribution in [-0.2, 0) is 4.74 Å². The highest BCUT2D eigenvalue weighted by molar-refractivity contribution is 6.42. The second-order valence-corrected chi connectivity index (χ2v) is 4.95. The molecule has 19 heavy (non-hydrogen) atoms. The van der Waals surface area contributed by atoms with E-state index in [1.807, 2.05) is 0 Å². The SMILES string of the molecule is FC(F)(F)CN1COC(c2c(Cl)cc(Cl)cc2Cl)=N1. The Morgan fingerprint density at radius 1 is 1.21 bits per heavy atom.